The average Bonchev–Trinajstić information content (AvgIpc) is 3.30. The van der Waals surface area contributed by atoms with Crippen molar-refractivity contribution < 1.29 is 52.7 Å². The highest BCUT2D eigenvalue weighted by atomic mass is 32.2. The maximum Gasteiger partial charge on any atom is 0.241 e. The fourth-order valence-corrected chi connectivity index (χ4v) is 6.09. The first-order valence-electron chi connectivity index (χ1n) is 20.7. The van der Waals surface area contributed by atoms with Crippen molar-refractivity contribution in [1.29, 1.82) is 0 Å². The first-order valence-corrected chi connectivity index (χ1v) is 22.7. The van der Waals surface area contributed by atoms with Crippen LogP contribution in [0.1, 0.15) is 85.9 Å². The molecule has 0 unspecified atom stereocenters. The number of thioether (sulfide) groups is 2. The molecule has 0 spiro atoms. The molecule has 0 aromatic heterocycles. The minimum atomic E-state index is -0.571. The monoisotopic (exact) mass is 927 g/mol. The fourth-order valence-electron chi connectivity index (χ4n) is 4.76. The number of allylic oxidation sites excluding steroid dienone is 1. The maximum absolute atomic E-state index is 11.9. The van der Waals surface area contributed by atoms with Gasteiger partial charge in [-0.3, -0.25) is 53.3 Å². The van der Waals surface area contributed by atoms with E-state index in [1.807, 2.05) is 0 Å². The lowest BCUT2D eigenvalue weighted by Crippen LogP contribution is -2.43. The van der Waals surface area contributed by atoms with Crippen LogP contribution in [0.4, 0.5) is 0 Å². The zero-order chi connectivity index (χ0) is 47.4. The van der Waals surface area contributed by atoms with Gasteiger partial charge in [-0.05, 0) is 38.3 Å². The SMILES string of the molecule is C=C(C)C(=O)CCCCCC(=O)CNC(=O)CNC(=O)CNC(=O)CSC(=O)c1ccccc1.CCCCCNCOCNC(=O)CNC(=O)CNC(=O)CSC(=O)c1ccccc1. The Kier molecular flexibility index (Phi) is 31.4. The third-order valence-corrected chi connectivity index (χ3v) is 10.1. The van der Waals surface area contributed by atoms with E-state index in [9.17, 15) is 47.9 Å². The Bertz CT molecular complexity index is 1830. The zero-order valence-electron chi connectivity index (χ0n) is 36.5. The van der Waals surface area contributed by atoms with E-state index in [4.69, 9.17) is 4.74 Å². The van der Waals surface area contributed by atoms with Gasteiger partial charge in [-0.1, -0.05) is 117 Å². The van der Waals surface area contributed by atoms with Crippen LogP contribution in [0.15, 0.2) is 72.8 Å². The molecule has 350 valence electrons. The second kappa shape index (κ2) is 35.7. The molecule has 0 aliphatic heterocycles. The van der Waals surface area contributed by atoms with Crippen molar-refractivity contribution in [3.63, 3.8) is 0 Å². The zero-order valence-corrected chi connectivity index (χ0v) is 38.1. The number of hydrogen-bond donors (Lipinski definition) is 7. The lowest BCUT2D eigenvalue weighted by molar-refractivity contribution is -0.128. The molecule has 0 heterocycles. The minimum Gasteiger partial charge on any atom is -0.347 e. The van der Waals surface area contributed by atoms with Gasteiger partial charge in [-0.25, -0.2) is 0 Å². The second-order valence-electron chi connectivity index (χ2n) is 13.9. The molecule has 18 nitrogen and oxygen atoms in total. The van der Waals surface area contributed by atoms with Gasteiger partial charge >= 0.3 is 0 Å². The molecule has 6 amide bonds. The highest BCUT2D eigenvalue weighted by Crippen LogP contribution is 2.12. The van der Waals surface area contributed by atoms with Gasteiger partial charge in [0.1, 0.15) is 6.73 Å². The number of ketones is 2. The Morgan fingerprint density at radius 3 is 1.42 bits per heavy atom. The third-order valence-electron chi connectivity index (χ3n) is 8.32. The second-order valence-corrected chi connectivity index (χ2v) is 15.8. The van der Waals surface area contributed by atoms with E-state index >= 15 is 0 Å². The van der Waals surface area contributed by atoms with E-state index in [0.29, 0.717) is 49.1 Å². The first kappa shape index (κ1) is 56.3. The minimum absolute atomic E-state index is 0.0252. The number of rotatable bonds is 31. The summed E-state index contributed by atoms with van der Waals surface area (Å²) in [4.78, 5) is 117. The summed E-state index contributed by atoms with van der Waals surface area (Å²) in [7, 11) is 0. The van der Waals surface area contributed by atoms with Crippen molar-refractivity contribution in [2.45, 2.75) is 65.2 Å². The van der Waals surface area contributed by atoms with Crippen molar-refractivity contribution >= 4 is 80.8 Å². The van der Waals surface area contributed by atoms with Gasteiger partial charge in [-0.15, -0.1) is 0 Å². The number of hydrogen-bond acceptors (Lipinski definition) is 14. The van der Waals surface area contributed by atoms with E-state index in [1.165, 1.54) is 0 Å². The van der Waals surface area contributed by atoms with Crippen molar-refractivity contribution in [2.75, 3.05) is 64.2 Å². The van der Waals surface area contributed by atoms with E-state index in [0.717, 1.165) is 55.8 Å². The van der Waals surface area contributed by atoms with Gasteiger partial charge < -0.3 is 36.6 Å². The van der Waals surface area contributed by atoms with Crippen molar-refractivity contribution in [1.82, 2.24) is 37.2 Å². The van der Waals surface area contributed by atoms with Gasteiger partial charge in [0.2, 0.25) is 45.7 Å². The number of carbonyl (C=O) groups excluding carboxylic acids is 10. The number of ether oxygens (including phenoxy) is 1. The number of nitrogens with one attached hydrogen (secondary N) is 7. The van der Waals surface area contributed by atoms with Gasteiger partial charge in [-0.2, -0.15) is 0 Å². The summed E-state index contributed by atoms with van der Waals surface area (Å²) >= 11 is 1.69. The Balaban J connectivity index is 0.000000645. The van der Waals surface area contributed by atoms with E-state index in [-0.39, 0.29) is 72.8 Å². The van der Waals surface area contributed by atoms with Gasteiger partial charge in [0.25, 0.3) is 0 Å². The summed E-state index contributed by atoms with van der Waals surface area (Å²) in [6.45, 7) is 7.35. The number of carbonyl (C=O) groups is 10. The van der Waals surface area contributed by atoms with E-state index < -0.39 is 35.4 Å². The molecular formula is C44H61N7O11S2. The van der Waals surface area contributed by atoms with Crippen LogP contribution in [0.25, 0.3) is 0 Å². The highest BCUT2D eigenvalue weighted by Gasteiger charge is 2.14. The van der Waals surface area contributed by atoms with Crippen molar-refractivity contribution in [3.8, 4) is 0 Å². The molecule has 7 N–H and O–H groups in total. The quantitative estimate of drug-likeness (QED) is 0.0325. The molecular weight excluding hydrogens is 867 g/mol. The molecule has 0 aliphatic carbocycles. The molecule has 64 heavy (non-hydrogen) atoms. The van der Waals surface area contributed by atoms with Crippen LogP contribution in [0.5, 0.6) is 0 Å². The Morgan fingerprint density at radius 2 is 0.953 bits per heavy atom. The Morgan fingerprint density at radius 1 is 0.516 bits per heavy atom. The highest BCUT2D eigenvalue weighted by molar-refractivity contribution is 8.14. The molecule has 2 rings (SSSR count). The standard InChI is InChI=1S/C24H31N3O6S.C20H30N4O5S/c1-17(2)20(29)12-8-4-7-11-19(28)13-25-21(30)14-26-22(31)15-27-23(32)16-34-24(33)18-9-5-3-6-10-18;1-2-3-7-10-21-14-29-15-24-18(26)12-22-17(25)11-23-19(27)13-30-20(28)16-8-5-4-6-9-16/h3,5-6,9-10H,1,4,7-8,11-16H2,2H3,(H,25,30)(H,26,31)(H,27,32);4-6,8-9,21H,2-3,7,10-15H2,1H3,(H,22,25)(H,23,27)(H,24,26). The van der Waals surface area contributed by atoms with Crippen molar-refractivity contribution in [2.24, 2.45) is 0 Å². The summed E-state index contributed by atoms with van der Waals surface area (Å²) in [6, 6.07) is 17.1. The summed E-state index contributed by atoms with van der Waals surface area (Å²) in [5.74, 6) is -3.26. The molecule has 0 aliphatic rings. The number of Topliss-reactive ketones (excluding diaryl/α,β-unsaturated/α-hetero) is 2. The fraction of sp³-hybridized carbons (Fsp3) is 0.455. The maximum atomic E-state index is 11.9. The van der Waals surface area contributed by atoms with Crippen LogP contribution in [0.2, 0.25) is 0 Å². The van der Waals surface area contributed by atoms with Crippen LogP contribution in [0.3, 0.4) is 0 Å². The summed E-state index contributed by atoms with van der Waals surface area (Å²) in [6.07, 6.45) is 6.17. The van der Waals surface area contributed by atoms with Gasteiger partial charge in [0.15, 0.2) is 11.6 Å². The normalized spacial score (nSPS) is 10.2. The van der Waals surface area contributed by atoms with Crippen LogP contribution >= 0.6 is 23.5 Å². The van der Waals surface area contributed by atoms with E-state index in [1.54, 1.807) is 67.6 Å². The van der Waals surface area contributed by atoms with Crippen LogP contribution < -0.4 is 37.2 Å². The van der Waals surface area contributed by atoms with E-state index in [2.05, 4.69) is 50.7 Å². The Labute approximate surface area is 382 Å². The number of amides is 6. The predicted molar refractivity (Wildman–Crippen MR) is 246 cm³/mol. The molecule has 20 heteroatoms. The molecule has 0 radical (unpaired) electrons. The van der Waals surface area contributed by atoms with Gasteiger partial charge in [0.05, 0.1) is 51.0 Å². The molecule has 0 saturated carbocycles. The first-order chi connectivity index (χ1) is 30.7. The summed E-state index contributed by atoms with van der Waals surface area (Å²) in [5.41, 5.74) is 1.52. The molecule has 0 saturated heterocycles. The summed E-state index contributed by atoms with van der Waals surface area (Å²) < 4.78 is 5.21. The summed E-state index contributed by atoms with van der Waals surface area (Å²) in [5, 5.41) is 17.1. The topological polar surface area (TPSA) is 264 Å². The van der Waals surface area contributed by atoms with Crippen molar-refractivity contribution in [3.05, 3.63) is 83.9 Å². The Hall–Kier alpha value is -5.70. The molecule has 0 atom stereocenters. The lowest BCUT2D eigenvalue weighted by atomic mass is 10.1. The van der Waals surface area contributed by atoms with Crippen LogP contribution in [-0.4, -0.2) is 121 Å². The molecule has 0 bridgehead atoms. The van der Waals surface area contributed by atoms with Gasteiger partial charge in [0, 0.05) is 24.0 Å². The largest absolute Gasteiger partial charge is 0.347 e. The van der Waals surface area contributed by atoms with Crippen LogP contribution in [0, 0.1) is 0 Å². The third kappa shape index (κ3) is 30.4. The molecule has 2 aromatic rings. The lowest BCUT2D eigenvalue weighted by Gasteiger charge is -2.09. The number of unbranched alkanes of at least 4 members (excludes halogenated alkanes) is 4. The molecule has 2 aromatic carbocycles. The predicted octanol–water partition coefficient (Wildman–Crippen LogP) is 2.19. The average molecular weight is 928 g/mol. The molecule has 0 fully saturated rings. The smallest absolute Gasteiger partial charge is 0.241 e. The number of benzene rings is 2. The van der Waals surface area contributed by atoms with Crippen LogP contribution in [-0.2, 0) is 43.1 Å².